The van der Waals surface area contributed by atoms with Crippen molar-refractivity contribution >= 4 is 29.8 Å². The van der Waals surface area contributed by atoms with Gasteiger partial charge in [0.2, 0.25) is 0 Å². The zero-order valence-electron chi connectivity index (χ0n) is 20.5. The van der Waals surface area contributed by atoms with E-state index >= 15 is 8.78 Å². The molecule has 1 aliphatic carbocycles. The van der Waals surface area contributed by atoms with Gasteiger partial charge in [0.25, 0.3) is 0 Å². The van der Waals surface area contributed by atoms with Crippen molar-refractivity contribution in [2.45, 2.75) is 73.9 Å². The molecule has 194 valence electrons. The van der Waals surface area contributed by atoms with E-state index in [4.69, 9.17) is 16.0 Å². The van der Waals surface area contributed by atoms with Crippen LogP contribution in [0.4, 0.5) is 13.2 Å². The first-order valence-corrected chi connectivity index (χ1v) is 16.3. The molecule has 0 heterocycles. The molecule has 0 saturated heterocycles. The SMILES string of the molecule is CC(C)(C)[Si](C)(C)OC[C@@H]1C[C@@H](O)CC[C@]1(c1c(F)ccc(F)c1F)S(=O)(=O)c1ccc(Cl)cc1. The van der Waals surface area contributed by atoms with Gasteiger partial charge in [0, 0.05) is 23.1 Å². The van der Waals surface area contributed by atoms with E-state index in [-0.39, 0.29) is 40.8 Å². The Kier molecular flexibility index (Phi) is 7.90. The van der Waals surface area contributed by atoms with Gasteiger partial charge in [-0.25, -0.2) is 21.6 Å². The van der Waals surface area contributed by atoms with Crippen LogP contribution in [0.15, 0.2) is 41.3 Å². The highest BCUT2D eigenvalue weighted by Crippen LogP contribution is 2.53. The predicted octanol–water partition coefficient (Wildman–Crippen LogP) is 6.61. The second-order valence-electron chi connectivity index (χ2n) is 10.8. The number of sulfone groups is 1. The van der Waals surface area contributed by atoms with E-state index in [0.29, 0.717) is 6.07 Å². The Morgan fingerprint density at radius 1 is 1.09 bits per heavy atom. The van der Waals surface area contributed by atoms with Crippen molar-refractivity contribution in [2.75, 3.05) is 6.61 Å². The van der Waals surface area contributed by atoms with E-state index in [0.717, 1.165) is 6.07 Å². The van der Waals surface area contributed by atoms with E-state index in [1.165, 1.54) is 24.3 Å². The largest absolute Gasteiger partial charge is 0.416 e. The molecule has 2 aromatic rings. The molecule has 2 aromatic carbocycles. The standard InChI is InChI=1S/C25H32ClF3O4SSi/c1-24(2,3)35(4,5)33-15-16-14-18(30)12-13-25(16,22-20(27)10-11-21(28)23(22)29)34(31,32)19-8-6-17(26)7-9-19/h6-11,16,18,30H,12-15H2,1-5H3/t16-,18-,25-/m0/s1. The maximum absolute atomic E-state index is 15.3. The molecule has 0 spiro atoms. The zero-order valence-corrected chi connectivity index (χ0v) is 23.1. The fourth-order valence-corrected chi connectivity index (χ4v) is 8.04. The predicted molar refractivity (Wildman–Crippen MR) is 133 cm³/mol. The fourth-order valence-electron chi connectivity index (χ4n) is 4.51. The monoisotopic (exact) mass is 548 g/mol. The van der Waals surface area contributed by atoms with Crippen molar-refractivity contribution in [3.63, 3.8) is 0 Å². The smallest absolute Gasteiger partial charge is 0.191 e. The van der Waals surface area contributed by atoms with E-state index in [1.807, 2.05) is 33.9 Å². The summed E-state index contributed by atoms with van der Waals surface area (Å²) >= 11 is 5.95. The van der Waals surface area contributed by atoms with Crippen LogP contribution in [0.1, 0.15) is 45.6 Å². The maximum atomic E-state index is 15.3. The number of aliphatic hydroxyl groups is 1. The molecule has 1 saturated carbocycles. The van der Waals surface area contributed by atoms with Gasteiger partial charge in [-0.3, -0.25) is 0 Å². The summed E-state index contributed by atoms with van der Waals surface area (Å²) < 4.78 is 77.7. The summed E-state index contributed by atoms with van der Waals surface area (Å²) in [6, 6.07) is 6.66. The van der Waals surface area contributed by atoms with Crippen molar-refractivity contribution < 1.29 is 31.1 Å². The Hall–Kier alpha value is -1.39. The highest BCUT2D eigenvalue weighted by molar-refractivity contribution is 7.92. The minimum atomic E-state index is -4.51. The van der Waals surface area contributed by atoms with E-state index in [9.17, 15) is 17.9 Å². The van der Waals surface area contributed by atoms with E-state index in [1.54, 1.807) is 0 Å². The first kappa shape index (κ1) is 28.2. The van der Waals surface area contributed by atoms with Gasteiger partial charge in [-0.05, 0) is 73.8 Å². The molecular formula is C25H32ClF3O4SSi. The lowest BCUT2D eigenvalue weighted by Gasteiger charge is -2.47. The normalized spacial score (nSPS) is 23.9. The summed E-state index contributed by atoms with van der Waals surface area (Å²) in [5, 5.41) is 10.6. The molecule has 0 radical (unpaired) electrons. The number of halogens is 4. The molecule has 3 atom stereocenters. The van der Waals surface area contributed by atoms with E-state index < -0.39 is 57.9 Å². The van der Waals surface area contributed by atoms with Gasteiger partial charge in [0.15, 0.2) is 29.8 Å². The van der Waals surface area contributed by atoms with Gasteiger partial charge >= 0.3 is 0 Å². The molecule has 0 unspecified atom stereocenters. The lowest BCUT2D eigenvalue weighted by atomic mass is 9.73. The van der Waals surface area contributed by atoms with Crippen LogP contribution < -0.4 is 0 Å². The van der Waals surface area contributed by atoms with Crippen molar-refractivity contribution in [3.8, 4) is 0 Å². The van der Waals surface area contributed by atoms with E-state index in [2.05, 4.69) is 0 Å². The van der Waals surface area contributed by atoms with Crippen molar-refractivity contribution in [1.29, 1.82) is 0 Å². The second-order valence-corrected chi connectivity index (χ2v) is 18.2. The summed E-state index contributed by atoms with van der Waals surface area (Å²) in [6.45, 7) is 9.83. The molecule has 4 nitrogen and oxygen atoms in total. The second kappa shape index (κ2) is 9.82. The maximum Gasteiger partial charge on any atom is 0.191 e. The number of hydrogen-bond acceptors (Lipinski definition) is 4. The average molecular weight is 549 g/mol. The summed E-state index contributed by atoms with van der Waals surface area (Å²) in [5.41, 5.74) is -0.844. The summed E-state index contributed by atoms with van der Waals surface area (Å²) in [6.07, 6.45) is -1.30. The van der Waals surface area contributed by atoms with Crippen molar-refractivity contribution in [3.05, 3.63) is 64.4 Å². The summed E-state index contributed by atoms with van der Waals surface area (Å²) in [4.78, 5) is -0.196. The Labute approximate surface area is 211 Å². The lowest BCUT2D eigenvalue weighted by Crippen LogP contribution is -2.52. The lowest BCUT2D eigenvalue weighted by molar-refractivity contribution is 0.0498. The van der Waals surface area contributed by atoms with Crippen LogP contribution in [-0.4, -0.2) is 34.6 Å². The average Bonchev–Trinajstić information content (AvgIpc) is 2.75. The molecule has 10 heteroatoms. The summed E-state index contributed by atoms with van der Waals surface area (Å²) in [5.74, 6) is -5.08. The quantitative estimate of drug-likeness (QED) is 0.326. The fraction of sp³-hybridized carbons (Fsp3) is 0.520. The molecule has 0 aliphatic heterocycles. The minimum absolute atomic E-state index is 0.0290. The van der Waals surface area contributed by atoms with Crippen molar-refractivity contribution in [1.82, 2.24) is 0 Å². The van der Waals surface area contributed by atoms with Gasteiger partial charge in [-0.1, -0.05) is 32.4 Å². The van der Waals surface area contributed by atoms with Crippen LogP contribution in [0.3, 0.4) is 0 Å². The molecule has 1 fully saturated rings. The number of rotatable bonds is 6. The first-order chi connectivity index (χ1) is 16.0. The summed E-state index contributed by atoms with van der Waals surface area (Å²) in [7, 11) is -6.93. The number of hydrogen-bond donors (Lipinski definition) is 1. The van der Waals surface area contributed by atoms with Gasteiger partial charge in [0.1, 0.15) is 10.6 Å². The molecule has 1 N–H and O–H groups in total. The van der Waals surface area contributed by atoms with Crippen LogP contribution in [0.25, 0.3) is 0 Å². The van der Waals surface area contributed by atoms with Gasteiger partial charge < -0.3 is 9.53 Å². The topological polar surface area (TPSA) is 63.6 Å². The van der Waals surface area contributed by atoms with Gasteiger partial charge in [0.05, 0.1) is 11.0 Å². The minimum Gasteiger partial charge on any atom is -0.416 e. The highest BCUT2D eigenvalue weighted by Gasteiger charge is 2.58. The molecular weight excluding hydrogens is 517 g/mol. The van der Waals surface area contributed by atoms with Crippen LogP contribution in [-0.2, 0) is 19.0 Å². The van der Waals surface area contributed by atoms with Gasteiger partial charge in [-0.15, -0.1) is 0 Å². The van der Waals surface area contributed by atoms with Crippen molar-refractivity contribution in [2.24, 2.45) is 5.92 Å². The third-order valence-electron chi connectivity index (χ3n) is 7.59. The highest BCUT2D eigenvalue weighted by atomic mass is 35.5. The van der Waals surface area contributed by atoms with Gasteiger partial charge in [-0.2, -0.15) is 0 Å². The number of aliphatic hydroxyl groups excluding tert-OH is 1. The first-order valence-electron chi connectivity index (χ1n) is 11.5. The third kappa shape index (κ3) is 5.07. The molecule has 3 rings (SSSR count). The molecule has 0 amide bonds. The Morgan fingerprint density at radius 2 is 1.66 bits per heavy atom. The number of benzene rings is 2. The molecule has 0 bridgehead atoms. The Morgan fingerprint density at radius 3 is 2.23 bits per heavy atom. The molecule has 1 aliphatic rings. The molecule has 35 heavy (non-hydrogen) atoms. The Bertz CT molecular complexity index is 1180. The van der Waals surface area contributed by atoms with Crippen LogP contribution >= 0.6 is 11.6 Å². The molecule has 0 aromatic heterocycles. The van der Waals surface area contributed by atoms with Crippen LogP contribution in [0.2, 0.25) is 23.2 Å². The van der Waals surface area contributed by atoms with Crippen LogP contribution in [0, 0.1) is 23.4 Å². The zero-order chi connectivity index (χ0) is 26.4. The third-order valence-corrected chi connectivity index (χ3v) is 14.9. The Balaban J connectivity index is 2.29. The van der Waals surface area contributed by atoms with Crippen LogP contribution in [0.5, 0.6) is 0 Å².